The smallest absolute Gasteiger partial charge is 0.320 e. The van der Waals surface area contributed by atoms with Gasteiger partial charge in [0.25, 0.3) is 0 Å². The first kappa shape index (κ1) is 10.5. The van der Waals surface area contributed by atoms with Gasteiger partial charge in [0.15, 0.2) is 0 Å². The minimum absolute atomic E-state index is 0.383. The fraction of sp³-hybridized carbons (Fsp3) is 0.222. The first-order chi connectivity index (χ1) is 6.11. The Hall–Kier alpha value is -0.620. The van der Waals surface area contributed by atoms with E-state index in [0.29, 0.717) is 6.42 Å². The molecule has 0 amide bonds. The van der Waals surface area contributed by atoms with Crippen molar-refractivity contribution in [3.8, 4) is 0 Å². The zero-order chi connectivity index (χ0) is 9.84. The van der Waals surface area contributed by atoms with Crippen LogP contribution >= 0.6 is 22.6 Å². The molecule has 0 saturated carbocycles. The molecule has 1 aromatic rings. The van der Waals surface area contributed by atoms with Crippen LogP contribution in [0.25, 0.3) is 0 Å². The fourth-order valence-corrected chi connectivity index (χ4v) is 1.60. The van der Waals surface area contributed by atoms with Gasteiger partial charge < -0.3 is 10.8 Å². The summed E-state index contributed by atoms with van der Waals surface area (Å²) in [5.74, 6) is -0.959. The highest BCUT2D eigenvalue weighted by molar-refractivity contribution is 14.1. The Kier molecular flexibility index (Phi) is 3.68. The summed E-state index contributed by atoms with van der Waals surface area (Å²) in [4.78, 5) is 10.5. The molecule has 4 heteroatoms. The number of benzene rings is 1. The van der Waals surface area contributed by atoms with Crippen LogP contribution in [0.5, 0.6) is 0 Å². The normalized spacial score (nSPS) is 12.5. The Labute approximate surface area is 90.1 Å². The van der Waals surface area contributed by atoms with Crippen molar-refractivity contribution in [2.45, 2.75) is 12.5 Å². The zero-order valence-corrected chi connectivity index (χ0v) is 9.06. The van der Waals surface area contributed by atoms with Crippen LogP contribution in [0, 0.1) is 3.57 Å². The largest absolute Gasteiger partial charge is 0.480 e. The highest BCUT2D eigenvalue weighted by atomic mass is 121. The van der Waals surface area contributed by atoms with Crippen LogP contribution in [0.15, 0.2) is 24.3 Å². The fourth-order valence-electron chi connectivity index (χ4n) is 0.988. The number of carboxylic acid groups (broad SMARTS) is 1. The molecule has 0 aliphatic carbocycles. The number of rotatable bonds is 3. The van der Waals surface area contributed by atoms with Crippen LogP contribution in [0.2, 0.25) is 0 Å². The van der Waals surface area contributed by atoms with Crippen LogP contribution in [0.3, 0.4) is 0 Å². The molecule has 1 atom stereocenters. The summed E-state index contributed by atoms with van der Waals surface area (Å²) in [6, 6.07) is 6.81. The van der Waals surface area contributed by atoms with E-state index in [2.05, 4.69) is 22.6 Å². The number of nitrogens with two attached hydrogens (primary N) is 1. The van der Waals surface area contributed by atoms with Crippen molar-refractivity contribution < 1.29 is 9.90 Å². The Morgan fingerprint density at radius 1 is 1.54 bits per heavy atom. The van der Waals surface area contributed by atoms with Crippen molar-refractivity contribution >= 4 is 28.6 Å². The van der Waals surface area contributed by atoms with Gasteiger partial charge in [-0.3, -0.25) is 4.79 Å². The van der Waals surface area contributed by atoms with E-state index in [1.165, 1.54) is 0 Å². The molecule has 1 aromatic carbocycles. The topological polar surface area (TPSA) is 63.3 Å². The molecule has 0 heterocycles. The lowest BCUT2D eigenvalue weighted by Gasteiger charge is -2.07. The van der Waals surface area contributed by atoms with Crippen LogP contribution in [0.4, 0.5) is 0 Å². The van der Waals surface area contributed by atoms with Crippen LogP contribution in [0.1, 0.15) is 5.56 Å². The molecule has 0 fully saturated rings. The average molecular weight is 285 g/mol. The minimum Gasteiger partial charge on any atom is -0.480 e. The highest BCUT2D eigenvalue weighted by Gasteiger charge is 2.12. The van der Waals surface area contributed by atoms with E-state index in [9.17, 15) is 4.79 Å². The molecule has 0 saturated heterocycles. The third-order valence-corrected chi connectivity index (χ3v) is 2.77. The van der Waals surface area contributed by atoms with Gasteiger partial charge in [-0.05, 0) is 40.6 Å². The second-order valence-corrected chi connectivity index (χ2v) is 3.90. The predicted molar refractivity (Wildman–Crippen MR) is 58.5 cm³/mol. The van der Waals surface area contributed by atoms with Crippen molar-refractivity contribution in [3.63, 3.8) is 0 Å². The summed E-state index contributed by atoms with van der Waals surface area (Å²) in [7, 11) is 0. The van der Waals surface area contributed by atoms with Crippen molar-refractivity contribution in [1.82, 2.24) is 0 Å². The number of carbonyl (C=O) groups is 1. The summed E-state index contributed by atoms with van der Waals surface area (Å²) in [5.41, 5.74) is 6.40. The average Bonchev–Trinajstić information content (AvgIpc) is 2.08. The molecule has 13 heavy (non-hydrogen) atoms. The number of halogens is 1. The number of carboxylic acids is 1. The number of aliphatic carboxylic acids is 1. The highest BCUT2D eigenvalue weighted by Crippen LogP contribution is 2.12. The molecular formula is C9H10INO2. The third kappa shape index (κ3) is 2.96. The van der Waals surface area contributed by atoms with Gasteiger partial charge in [0, 0.05) is 3.57 Å². The van der Waals surface area contributed by atoms with Gasteiger partial charge in [0.1, 0.15) is 6.04 Å². The molecule has 0 bridgehead atoms. The maximum atomic E-state index is 10.5. The summed E-state index contributed by atoms with van der Waals surface area (Å²) >= 11 is 2.17. The van der Waals surface area contributed by atoms with E-state index in [1.807, 2.05) is 24.3 Å². The maximum absolute atomic E-state index is 10.5. The SMILES string of the molecule is N[C@H](Cc1ccccc1[121I])C(=O)O. The Morgan fingerprint density at radius 3 is 2.69 bits per heavy atom. The molecule has 0 radical (unpaired) electrons. The van der Waals surface area contributed by atoms with E-state index in [4.69, 9.17) is 10.8 Å². The summed E-state index contributed by atoms with van der Waals surface area (Å²) < 4.78 is 1.05. The van der Waals surface area contributed by atoms with Crippen molar-refractivity contribution in [2.24, 2.45) is 5.73 Å². The van der Waals surface area contributed by atoms with Gasteiger partial charge in [0.05, 0.1) is 0 Å². The van der Waals surface area contributed by atoms with Gasteiger partial charge in [-0.1, -0.05) is 18.2 Å². The van der Waals surface area contributed by atoms with E-state index < -0.39 is 12.0 Å². The summed E-state index contributed by atoms with van der Waals surface area (Å²) in [6.45, 7) is 0. The number of hydrogen-bond donors (Lipinski definition) is 2. The van der Waals surface area contributed by atoms with Crippen molar-refractivity contribution in [2.75, 3.05) is 0 Å². The molecule has 0 aliphatic rings. The van der Waals surface area contributed by atoms with Gasteiger partial charge in [-0.2, -0.15) is 0 Å². The summed E-state index contributed by atoms with van der Waals surface area (Å²) in [5, 5.41) is 8.61. The van der Waals surface area contributed by atoms with E-state index in [-0.39, 0.29) is 0 Å². The Balaban J connectivity index is 2.74. The first-order valence-corrected chi connectivity index (χ1v) is 4.91. The zero-order valence-electron chi connectivity index (χ0n) is 6.90. The van der Waals surface area contributed by atoms with Crippen LogP contribution in [-0.2, 0) is 11.2 Å². The van der Waals surface area contributed by atoms with Crippen LogP contribution < -0.4 is 5.73 Å². The molecule has 3 N–H and O–H groups in total. The molecule has 0 aliphatic heterocycles. The molecule has 3 nitrogen and oxygen atoms in total. The maximum Gasteiger partial charge on any atom is 0.320 e. The quantitative estimate of drug-likeness (QED) is 0.821. The lowest BCUT2D eigenvalue weighted by Crippen LogP contribution is -2.32. The van der Waals surface area contributed by atoms with Crippen molar-refractivity contribution in [3.05, 3.63) is 33.4 Å². The lowest BCUT2D eigenvalue weighted by atomic mass is 10.1. The predicted octanol–water partition coefficient (Wildman–Crippen LogP) is 1.25. The van der Waals surface area contributed by atoms with Crippen molar-refractivity contribution in [1.29, 1.82) is 0 Å². The van der Waals surface area contributed by atoms with Gasteiger partial charge in [-0.25, -0.2) is 0 Å². The monoisotopic (exact) mass is 285 g/mol. The second-order valence-electron chi connectivity index (χ2n) is 2.74. The third-order valence-electron chi connectivity index (χ3n) is 1.71. The van der Waals surface area contributed by atoms with Gasteiger partial charge in [0.2, 0.25) is 0 Å². The molecule has 0 aromatic heterocycles. The standard InChI is InChI=1S/C9H10INO2/c10-7-4-2-1-3-6(7)5-8(11)9(12)13/h1-4,8H,5,11H2,(H,12,13)/t8-/m1/s1/i10-6. The molecule has 1 rings (SSSR count). The second kappa shape index (κ2) is 4.57. The van der Waals surface area contributed by atoms with Crippen LogP contribution in [-0.4, -0.2) is 17.1 Å². The molecular weight excluding hydrogens is 275 g/mol. The molecule has 0 unspecified atom stereocenters. The molecule has 70 valence electrons. The van der Waals surface area contributed by atoms with E-state index in [1.54, 1.807) is 0 Å². The van der Waals surface area contributed by atoms with E-state index >= 15 is 0 Å². The van der Waals surface area contributed by atoms with Gasteiger partial charge >= 0.3 is 5.97 Å². The first-order valence-electron chi connectivity index (χ1n) is 3.83. The summed E-state index contributed by atoms with van der Waals surface area (Å²) in [6.07, 6.45) is 0.383. The Bertz CT molecular complexity index is 314. The lowest BCUT2D eigenvalue weighted by molar-refractivity contribution is -0.138. The molecule has 0 spiro atoms. The van der Waals surface area contributed by atoms with Gasteiger partial charge in [-0.15, -0.1) is 0 Å². The number of hydrogen-bond acceptors (Lipinski definition) is 2. The minimum atomic E-state index is -0.959. The Morgan fingerprint density at radius 2 is 2.15 bits per heavy atom. The van der Waals surface area contributed by atoms with E-state index in [0.717, 1.165) is 9.13 Å².